The molecule has 0 radical (unpaired) electrons. The van der Waals surface area contributed by atoms with Crippen LogP contribution < -0.4 is 9.47 Å². The van der Waals surface area contributed by atoms with Crippen LogP contribution in [0.15, 0.2) is 36.4 Å². The largest absolute Gasteiger partial charge is 0.496 e. The highest BCUT2D eigenvalue weighted by Gasteiger charge is 2.19. The Kier molecular flexibility index (Phi) is 5.94. The Balaban J connectivity index is 2.17. The van der Waals surface area contributed by atoms with E-state index >= 15 is 0 Å². The van der Waals surface area contributed by atoms with E-state index in [0.717, 1.165) is 17.2 Å². The van der Waals surface area contributed by atoms with Crippen molar-refractivity contribution in [2.45, 2.75) is 20.5 Å². The number of nitrogens with zero attached hydrogens (tertiary/aromatic N) is 1. The normalized spacial score (nSPS) is 10.2. The molecule has 0 aliphatic carbocycles. The van der Waals surface area contributed by atoms with Crippen LogP contribution in [0.5, 0.6) is 11.5 Å². The van der Waals surface area contributed by atoms with Gasteiger partial charge in [0.2, 0.25) is 0 Å². The summed E-state index contributed by atoms with van der Waals surface area (Å²) >= 11 is 0. The van der Waals surface area contributed by atoms with Gasteiger partial charge in [-0.2, -0.15) is 0 Å². The van der Waals surface area contributed by atoms with Crippen molar-refractivity contribution in [2.75, 3.05) is 13.7 Å². The Morgan fingerprint density at radius 1 is 1.16 bits per heavy atom. The molecule has 2 aromatic carbocycles. The van der Waals surface area contributed by atoms with Crippen molar-refractivity contribution in [2.24, 2.45) is 0 Å². The number of ether oxygens (including phenoxy) is 3. The third-order valence-corrected chi connectivity index (χ3v) is 3.49. The van der Waals surface area contributed by atoms with Crippen LogP contribution in [0.1, 0.15) is 28.4 Å². The van der Waals surface area contributed by atoms with E-state index in [4.69, 9.17) is 14.2 Å². The second-order valence-corrected chi connectivity index (χ2v) is 5.26. The molecular formula is C18H19NO6. The number of carbonyl (C=O) groups is 1. The van der Waals surface area contributed by atoms with Gasteiger partial charge in [0.15, 0.2) is 5.75 Å². The SMILES string of the molecule is CCOc1ccc(C(=O)OCc2cc(C)ccc2OC)cc1[N+](=O)[O-]. The van der Waals surface area contributed by atoms with Gasteiger partial charge in [-0.3, -0.25) is 10.1 Å². The van der Waals surface area contributed by atoms with Gasteiger partial charge in [0.1, 0.15) is 12.4 Å². The highest BCUT2D eigenvalue weighted by Crippen LogP contribution is 2.28. The van der Waals surface area contributed by atoms with Gasteiger partial charge in [0.05, 0.1) is 24.2 Å². The number of nitro groups is 1. The van der Waals surface area contributed by atoms with Gasteiger partial charge in [-0.05, 0) is 38.1 Å². The molecule has 0 bridgehead atoms. The Labute approximate surface area is 145 Å². The van der Waals surface area contributed by atoms with Crippen molar-refractivity contribution in [1.82, 2.24) is 0 Å². The van der Waals surface area contributed by atoms with E-state index < -0.39 is 10.9 Å². The highest BCUT2D eigenvalue weighted by atomic mass is 16.6. The van der Waals surface area contributed by atoms with Crippen LogP contribution in [0, 0.1) is 17.0 Å². The van der Waals surface area contributed by atoms with Crippen LogP contribution in [-0.4, -0.2) is 24.6 Å². The molecule has 0 aliphatic rings. The molecule has 7 nitrogen and oxygen atoms in total. The molecule has 0 fully saturated rings. The molecule has 0 aliphatic heterocycles. The van der Waals surface area contributed by atoms with Crippen LogP contribution in [0.4, 0.5) is 5.69 Å². The van der Waals surface area contributed by atoms with Gasteiger partial charge < -0.3 is 14.2 Å². The Hall–Kier alpha value is -3.09. The number of rotatable bonds is 7. The maximum Gasteiger partial charge on any atom is 0.338 e. The summed E-state index contributed by atoms with van der Waals surface area (Å²) < 4.78 is 15.7. The van der Waals surface area contributed by atoms with Gasteiger partial charge in [0.25, 0.3) is 0 Å². The summed E-state index contributed by atoms with van der Waals surface area (Å²) in [6.45, 7) is 3.93. The standard InChI is InChI=1S/C18H19NO6/c1-4-24-17-8-6-13(10-15(17)19(21)22)18(20)25-11-14-9-12(2)5-7-16(14)23-3/h5-10H,4,11H2,1-3H3. The first-order chi connectivity index (χ1) is 12.0. The molecule has 0 heterocycles. The van der Waals surface area contributed by atoms with E-state index in [9.17, 15) is 14.9 Å². The monoisotopic (exact) mass is 345 g/mol. The number of carbonyl (C=O) groups excluding carboxylic acids is 1. The number of hydrogen-bond acceptors (Lipinski definition) is 6. The molecule has 2 aromatic rings. The zero-order chi connectivity index (χ0) is 18.4. The summed E-state index contributed by atoms with van der Waals surface area (Å²) in [5.74, 6) is 0.0650. The minimum atomic E-state index is -0.658. The Morgan fingerprint density at radius 3 is 2.52 bits per heavy atom. The average Bonchev–Trinajstić information content (AvgIpc) is 2.60. The third kappa shape index (κ3) is 4.47. The van der Waals surface area contributed by atoms with Gasteiger partial charge >= 0.3 is 11.7 Å². The van der Waals surface area contributed by atoms with E-state index in [0.29, 0.717) is 5.75 Å². The van der Waals surface area contributed by atoms with Crippen molar-refractivity contribution in [3.63, 3.8) is 0 Å². The molecule has 0 amide bonds. The summed E-state index contributed by atoms with van der Waals surface area (Å²) in [6.07, 6.45) is 0. The number of benzene rings is 2. The molecule has 0 saturated carbocycles. The maximum absolute atomic E-state index is 12.2. The lowest BCUT2D eigenvalue weighted by Crippen LogP contribution is -2.07. The third-order valence-electron chi connectivity index (χ3n) is 3.49. The summed E-state index contributed by atoms with van der Waals surface area (Å²) in [5, 5.41) is 11.1. The van der Waals surface area contributed by atoms with E-state index in [1.807, 2.05) is 19.1 Å². The van der Waals surface area contributed by atoms with E-state index in [1.165, 1.54) is 19.2 Å². The molecule has 0 N–H and O–H groups in total. The van der Waals surface area contributed by atoms with Gasteiger partial charge in [-0.1, -0.05) is 11.6 Å². The van der Waals surface area contributed by atoms with E-state index in [2.05, 4.69) is 0 Å². The van der Waals surface area contributed by atoms with Crippen molar-refractivity contribution in [3.05, 3.63) is 63.2 Å². The quantitative estimate of drug-likeness (QED) is 0.432. The fourth-order valence-electron chi connectivity index (χ4n) is 2.31. The first-order valence-corrected chi connectivity index (χ1v) is 7.68. The fraction of sp³-hybridized carbons (Fsp3) is 0.278. The summed E-state index contributed by atoms with van der Waals surface area (Å²) in [5.41, 5.74) is 1.53. The van der Waals surface area contributed by atoms with Crippen molar-refractivity contribution >= 4 is 11.7 Å². The van der Waals surface area contributed by atoms with Crippen LogP contribution in [0.3, 0.4) is 0 Å². The minimum absolute atomic E-state index is 0.00466. The molecule has 25 heavy (non-hydrogen) atoms. The van der Waals surface area contributed by atoms with Crippen LogP contribution in [-0.2, 0) is 11.3 Å². The van der Waals surface area contributed by atoms with Crippen molar-refractivity contribution in [3.8, 4) is 11.5 Å². The number of nitro benzene ring substituents is 1. The maximum atomic E-state index is 12.2. The molecule has 0 aromatic heterocycles. The molecule has 0 spiro atoms. The highest BCUT2D eigenvalue weighted by molar-refractivity contribution is 5.90. The van der Waals surface area contributed by atoms with Gasteiger partial charge in [0, 0.05) is 11.6 Å². The first-order valence-electron chi connectivity index (χ1n) is 7.68. The fourth-order valence-corrected chi connectivity index (χ4v) is 2.31. The van der Waals surface area contributed by atoms with Gasteiger partial charge in [-0.15, -0.1) is 0 Å². The van der Waals surface area contributed by atoms with E-state index in [-0.39, 0.29) is 30.2 Å². The summed E-state index contributed by atoms with van der Waals surface area (Å²) in [4.78, 5) is 22.8. The minimum Gasteiger partial charge on any atom is -0.496 e. The number of aryl methyl sites for hydroxylation is 1. The zero-order valence-corrected chi connectivity index (χ0v) is 14.3. The summed E-state index contributed by atoms with van der Waals surface area (Å²) in [7, 11) is 1.53. The Bertz CT molecular complexity index is 787. The van der Waals surface area contributed by atoms with E-state index in [1.54, 1.807) is 13.0 Å². The second kappa shape index (κ2) is 8.14. The first kappa shape index (κ1) is 18.3. The lowest BCUT2D eigenvalue weighted by molar-refractivity contribution is -0.385. The van der Waals surface area contributed by atoms with Crippen molar-refractivity contribution in [1.29, 1.82) is 0 Å². The topological polar surface area (TPSA) is 87.9 Å². The van der Waals surface area contributed by atoms with Crippen molar-refractivity contribution < 1.29 is 23.9 Å². The van der Waals surface area contributed by atoms with Gasteiger partial charge in [-0.25, -0.2) is 4.79 Å². The van der Waals surface area contributed by atoms with Crippen LogP contribution in [0.2, 0.25) is 0 Å². The molecule has 0 unspecified atom stereocenters. The van der Waals surface area contributed by atoms with Crippen LogP contribution >= 0.6 is 0 Å². The lowest BCUT2D eigenvalue weighted by Gasteiger charge is -2.11. The lowest BCUT2D eigenvalue weighted by atomic mass is 10.1. The molecule has 132 valence electrons. The molecule has 7 heteroatoms. The summed E-state index contributed by atoms with van der Waals surface area (Å²) in [6, 6.07) is 9.52. The second-order valence-electron chi connectivity index (χ2n) is 5.26. The molecule has 2 rings (SSSR count). The Morgan fingerprint density at radius 2 is 1.88 bits per heavy atom. The molecular weight excluding hydrogens is 326 g/mol. The molecule has 0 atom stereocenters. The van der Waals surface area contributed by atoms with Crippen LogP contribution in [0.25, 0.3) is 0 Å². The average molecular weight is 345 g/mol. The predicted octanol–water partition coefficient (Wildman–Crippen LogP) is 3.67. The smallest absolute Gasteiger partial charge is 0.338 e. The predicted molar refractivity (Wildman–Crippen MR) is 91.1 cm³/mol. The molecule has 0 saturated heterocycles. The number of esters is 1. The zero-order valence-electron chi connectivity index (χ0n) is 14.3. The number of methoxy groups -OCH3 is 1. The number of hydrogen-bond donors (Lipinski definition) is 0.